The summed E-state index contributed by atoms with van der Waals surface area (Å²) in [5, 5.41) is 0. The van der Waals surface area contributed by atoms with E-state index < -0.39 is 42.3 Å². The first kappa shape index (κ1) is 14.9. The van der Waals surface area contributed by atoms with Gasteiger partial charge in [0.2, 0.25) is 0 Å². The molecule has 1 aliphatic rings. The van der Waals surface area contributed by atoms with E-state index in [1.165, 1.54) is 6.20 Å². The van der Waals surface area contributed by atoms with Crippen LogP contribution in [0.5, 0.6) is 0 Å². The van der Waals surface area contributed by atoms with Crippen LogP contribution < -0.4 is 11.2 Å². The number of rotatable bonds is 4. The number of nitrogens with one attached hydrogen (secondary N) is 1. The monoisotopic (exact) mass is 288 g/mol. The average Bonchev–Trinajstić information content (AvgIpc) is 2.71. The molecule has 112 valence electrons. The minimum absolute atomic E-state index is 0.369. The van der Waals surface area contributed by atoms with Crippen molar-refractivity contribution in [3.63, 3.8) is 0 Å². The van der Waals surface area contributed by atoms with E-state index in [0.717, 1.165) is 10.6 Å². The predicted molar refractivity (Wildman–Crippen MR) is 69.1 cm³/mol. The van der Waals surface area contributed by atoms with Gasteiger partial charge in [-0.3, -0.25) is 18.7 Å². The normalized spacial score (nSPS) is 33.5. The molecule has 1 fully saturated rings. The Labute approximate surface area is 114 Å². The highest BCUT2D eigenvalue weighted by Gasteiger charge is 2.52. The van der Waals surface area contributed by atoms with Crippen LogP contribution in [0.2, 0.25) is 0 Å². The number of aromatic nitrogens is 2. The number of aromatic amines is 1. The van der Waals surface area contributed by atoms with Crippen molar-refractivity contribution in [2.45, 2.75) is 32.1 Å². The number of halogens is 2. The number of ether oxygens (including phenoxy) is 1. The summed E-state index contributed by atoms with van der Waals surface area (Å²) in [6.45, 7) is 2.03. The van der Waals surface area contributed by atoms with E-state index in [-0.39, 0.29) is 5.92 Å². The third-order valence-electron chi connectivity index (χ3n) is 4.32. The lowest BCUT2D eigenvalue weighted by Gasteiger charge is -2.29. The Hall–Kier alpha value is -1.50. The maximum atomic E-state index is 13.4. The number of hydrogen-bond donors (Lipinski definition) is 1. The fraction of sp³-hybridized carbons (Fsp3) is 0.692. The van der Waals surface area contributed by atoms with Gasteiger partial charge >= 0.3 is 5.69 Å². The van der Waals surface area contributed by atoms with Crippen molar-refractivity contribution in [1.82, 2.24) is 9.55 Å². The zero-order valence-electron chi connectivity index (χ0n) is 11.4. The van der Waals surface area contributed by atoms with Gasteiger partial charge in [0.25, 0.3) is 5.56 Å². The van der Waals surface area contributed by atoms with Crippen molar-refractivity contribution in [3.8, 4) is 0 Å². The molecule has 0 spiro atoms. The molecule has 20 heavy (non-hydrogen) atoms. The van der Waals surface area contributed by atoms with E-state index in [1.54, 1.807) is 13.8 Å². The summed E-state index contributed by atoms with van der Waals surface area (Å²) in [6, 6.07) is 1.16. The zero-order valence-corrected chi connectivity index (χ0v) is 11.4. The average molecular weight is 288 g/mol. The Kier molecular flexibility index (Phi) is 4.08. The topological polar surface area (TPSA) is 64.1 Å². The maximum absolute atomic E-state index is 13.4. The van der Waals surface area contributed by atoms with E-state index in [2.05, 4.69) is 4.98 Å². The van der Waals surface area contributed by atoms with Crippen LogP contribution in [-0.2, 0) is 4.74 Å². The van der Waals surface area contributed by atoms with Gasteiger partial charge in [0.1, 0.15) is 18.5 Å². The predicted octanol–water partition coefficient (Wildman–Crippen LogP) is 1.41. The molecule has 1 aromatic rings. The van der Waals surface area contributed by atoms with Crippen LogP contribution in [0.25, 0.3) is 0 Å². The molecular formula is C13H18F2N2O3. The van der Waals surface area contributed by atoms with Crippen molar-refractivity contribution in [2.24, 2.45) is 11.8 Å². The van der Waals surface area contributed by atoms with Gasteiger partial charge in [0, 0.05) is 18.2 Å². The van der Waals surface area contributed by atoms with Crippen LogP contribution in [-0.4, -0.2) is 28.5 Å². The molecule has 2 heterocycles. The summed E-state index contributed by atoms with van der Waals surface area (Å²) >= 11 is 0. The fourth-order valence-corrected chi connectivity index (χ4v) is 2.83. The van der Waals surface area contributed by atoms with E-state index in [4.69, 9.17) is 4.74 Å². The van der Waals surface area contributed by atoms with Crippen molar-refractivity contribution in [1.29, 1.82) is 0 Å². The molecule has 0 saturated carbocycles. The summed E-state index contributed by atoms with van der Waals surface area (Å²) in [4.78, 5) is 25.0. The number of hydrogen-bond acceptors (Lipinski definition) is 3. The lowest BCUT2D eigenvalue weighted by Crippen LogP contribution is -2.37. The van der Waals surface area contributed by atoms with Crippen molar-refractivity contribution >= 4 is 0 Å². The van der Waals surface area contributed by atoms with Gasteiger partial charge in [-0.15, -0.1) is 0 Å². The SMILES string of the molecule is CC[C@@]1(CF)O[C@@H](n2ccc(=O)[nH]c2=O)[C@@H](CF)[C@@H]1C. The summed E-state index contributed by atoms with van der Waals surface area (Å²) in [5.41, 5.74) is -2.31. The molecule has 7 heteroatoms. The molecule has 0 bridgehead atoms. The first-order chi connectivity index (χ1) is 9.49. The largest absolute Gasteiger partial charge is 0.348 e. The summed E-state index contributed by atoms with van der Waals surface area (Å²) in [6.07, 6.45) is 0.732. The van der Waals surface area contributed by atoms with Gasteiger partial charge < -0.3 is 4.74 Å². The van der Waals surface area contributed by atoms with Gasteiger partial charge in [-0.2, -0.15) is 0 Å². The van der Waals surface area contributed by atoms with Crippen molar-refractivity contribution in [3.05, 3.63) is 33.1 Å². The maximum Gasteiger partial charge on any atom is 0.330 e. The molecule has 5 nitrogen and oxygen atoms in total. The Morgan fingerprint density at radius 1 is 1.45 bits per heavy atom. The van der Waals surface area contributed by atoms with Crippen LogP contribution in [0.4, 0.5) is 8.78 Å². The summed E-state index contributed by atoms with van der Waals surface area (Å²) in [5.74, 6) is -0.999. The number of H-pyrrole nitrogens is 1. The molecule has 2 rings (SSSR count). The van der Waals surface area contributed by atoms with E-state index >= 15 is 0 Å². The Morgan fingerprint density at radius 2 is 2.15 bits per heavy atom. The van der Waals surface area contributed by atoms with Gasteiger partial charge in [-0.1, -0.05) is 13.8 Å². The first-order valence-corrected chi connectivity index (χ1v) is 6.60. The zero-order chi connectivity index (χ0) is 14.9. The number of nitrogens with zero attached hydrogens (tertiary/aromatic N) is 1. The quantitative estimate of drug-likeness (QED) is 0.911. The second-order valence-electron chi connectivity index (χ2n) is 5.18. The smallest absolute Gasteiger partial charge is 0.330 e. The lowest BCUT2D eigenvalue weighted by molar-refractivity contribution is -0.102. The molecule has 0 aromatic carbocycles. The van der Waals surface area contributed by atoms with Crippen LogP contribution in [0.1, 0.15) is 26.5 Å². The molecule has 1 aliphatic heterocycles. The molecule has 0 aliphatic carbocycles. The lowest BCUT2D eigenvalue weighted by atomic mass is 9.81. The molecule has 0 radical (unpaired) electrons. The first-order valence-electron chi connectivity index (χ1n) is 6.60. The summed E-state index contributed by atoms with van der Waals surface area (Å²) in [7, 11) is 0. The van der Waals surface area contributed by atoms with E-state index in [9.17, 15) is 18.4 Å². The van der Waals surface area contributed by atoms with Crippen LogP contribution in [0.3, 0.4) is 0 Å². The molecular weight excluding hydrogens is 270 g/mol. The summed E-state index contributed by atoms with van der Waals surface area (Å²) < 4.78 is 33.5. The van der Waals surface area contributed by atoms with Gasteiger partial charge in [-0.05, 0) is 12.3 Å². The van der Waals surface area contributed by atoms with Crippen LogP contribution in [0, 0.1) is 11.8 Å². The second kappa shape index (κ2) is 5.47. The van der Waals surface area contributed by atoms with Gasteiger partial charge in [0.15, 0.2) is 0 Å². The molecule has 1 aromatic heterocycles. The van der Waals surface area contributed by atoms with Crippen molar-refractivity contribution < 1.29 is 13.5 Å². The Bertz CT molecular complexity index is 579. The molecule has 1 N–H and O–H groups in total. The highest BCUT2D eigenvalue weighted by Crippen LogP contribution is 2.47. The van der Waals surface area contributed by atoms with Crippen LogP contribution >= 0.6 is 0 Å². The van der Waals surface area contributed by atoms with Gasteiger partial charge in [0.05, 0.1) is 6.67 Å². The third kappa shape index (κ3) is 2.19. The highest BCUT2D eigenvalue weighted by atomic mass is 19.1. The van der Waals surface area contributed by atoms with Crippen molar-refractivity contribution in [2.75, 3.05) is 13.3 Å². The number of alkyl halides is 2. The Balaban J connectivity index is 2.46. The Morgan fingerprint density at radius 3 is 2.65 bits per heavy atom. The second-order valence-corrected chi connectivity index (χ2v) is 5.18. The standard InChI is InChI=1S/C13H18F2N2O3/c1-3-13(7-15)8(2)9(6-14)11(20-13)17-5-4-10(18)16-12(17)19/h4-5,8-9,11H,3,6-7H2,1-2H3,(H,16,18,19)/t8-,9-,11+,13-/m0/s1. The minimum Gasteiger partial charge on any atom is -0.348 e. The van der Waals surface area contributed by atoms with Gasteiger partial charge in [-0.25, -0.2) is 9.18 Å². The third-order valence-corrected chi connectivity index (χ3v) is 4.32. The molecule has 1 saturated heterocycles. The highest BCUT2D eigenvalue weighted by molar-refractivity contribution is 4.98. The van der Waals surface area contributed by atoms with Crippen LogP contribution in [0.15, 0.2) is 21.9 Å². The minimum atomic E-state index is -1.09. The molecule has 4 atom stereocenters. The van der Waals surface area contributed by atoms with E-state index in [0.29, 0.717) is 6.42 Å². The molecule has 0 amide bonds. The fourth-order valence-electron chi connectivity index (χ4n) is 2.83. The molecule has 0 unspecified atom stereocenters. The van der Waals surface area contributed by atoms with E-state index in [1.807, 2.05) is 0 Å².